The highest BCUT2D eigenvalue weighted by Crippen LogP contribution is 2.26. The van der Waals surface area contributed by atoms with Gasteiger partial charge in [0.15, 0.2) is 0 Å². The number of carbonyl (C=O) groups is 1. The number of hydrogen-bond donors (Lipinski definition) is 0. The molecule has 0 aliphatic rings. The quantitative estimate of drug-likeness (QED) is 0.724. The van der Waals surface area contributed by atoms with Crippen LogP contribution in [0.5, 0.6) is 5.75 Å². The standard InChI is InChI=1S/C17H13N5O3/c1-22(2)17(23)24-13-8-11(10-18)7-12(9-13)16-20-15(21-25-16)14-5-3-4-6-19-14/h3-9H,1-2H3. The van der Waals surface area contributed by atoms with E-state index >= 15 is 0 Å². The van der Waals surface area contributed by atoms with Crippen LogP contribution in [-0.4, -0.2) is 40.2 Å². The van der Waals surface area contributed by atoms with E-state index in [1.807, 2.05) is 12.1 Å². The third-order valence-corrected chi connectivity index (χ3v) is 3.17. The zero-order valence-corrected chi connectivity index (χ0v) is 13.5. The first-order chi connectivity index (χ1) is 12.1. The van der Waals surface area contributed by atoms with Crippen molar-refractivity contribution in [2.75, 3.05) is 14.1 Å². The minimum atomic E-state index is -0.555. The maximum absolute atomic E-state index is 11.7. The van der Waals surface area contributed by atoms with Gasteiger partial charge in [-0.25, -0.2) is 4.79 Å². The molecule has 0 saturated heterocycles. The Kier molecular flexibility index (Phi) is 4.39. The van der Waals surface area contributed by atoms with Gasteiger partial charge >= 0.3 is 6.09 Å². The van der Waals surface area contributed by atoms with Crippen molar-refractivity contribution in [3.05, 3.63) is 48.2 Å². The molecule has 8 nitrogen and oxygen atoms in total. The van der Waals surface area contributed by atoms with Crippen molar-refractivity contribution in [2.45, 2.75) is 0 Å². The number of nitriles is 1. The van der Waals surface area contributed by atoms with E-state index in [0.29, 0.717) is 22.6 Å². The monoisotopic (exact) mass is 335 g/mol. The summed E-state index contributed by atoms with van der Waals surface area (Å²) < 4.78 is 10.5. The summed E-state index contributed by atoms with van der Waals surface area (Å²) in [5.74, 6) is 0.732. The fourth-order valence-corrected chi connectivity index (χ4v) is 1.98. The second kappa shape index (κ2) is 6.80. The van der Waals surface area contributed by atoms with Crippen LogP contribution in [0.25, 0.3) is 23.0 Å². The summed E-state index contributed by atoms with van der Waals surface area (Å²) in [6.45, 7) is 0. The van der Waals surface area contributed by atoms with Gasteiger partial charge in [0.2, 0.25) is 5.82 Å². The number of benzene rings is 1. The smallest absolute Gasteiger partial charge is 0.410 e. The van der Waals surface area contributed by atoms with Crippen LogP contribution in [-0.2, 0) is 0 Å². The predicted octanol–water partition coefficient (Wildman–Crippen LogP) is 2.73. The lowest BCUT2D eigenvalue weighted by molar-refractivity contribution is 0.172. The molecule has 124 valence electrons. The minimum Gasteiger partial charge on any atom is -0.410 e. The number of amides is 1. The van der Waals surface area contributed by atoms with Gasteiger partial charge in [-0.1, -0.05) is 11.2 Å². The van der Waals surface area contributed by atoms with Crippen molar-refractivity contribution < 1.29 is 14.1 Å². The lowest BCUT2D eigenvalue weighted by Gasteiger charge is -2.11. The maximum atomic E-state index is 11.7. The number of nitrogens with zero attached hydrogens (tertiary/aromatic N) is 5. The molecule has 0 radical (unpaired) electrons. The molecular weight excluding hydrogens is 322 g/mol. The molecule has 0 atom stereocenters. The number of carbonyl (C=O) groups excluding carboxylic acids is 1. The van der Waals surface area contributed by atoms with E-state index in [0.717, 1.165) is 0 Å². The van der Waals surface area contributed by atoms with E-state index in [4.69, 9.17) is 9.26 Å². The van der Waals surface area contributed by atoms with Crippen molar-refractivity contribution in [3.8, 4) is 34.8 Å². The largest absolute Gasteiger partial charge is 0.414 e. The Bertz CT molecular complexity index is 944. The summed E-state index contributed by atoms with van der Waals surface area (Å²) in [5, 5.41) is 13.1. The third-order valence-electron chi connectivity index (χ3n) is 3.17. The normalized spacial score (nSPS) is 10.1. The minimum absolute atomic E-state index is 0.194. The average Bonchev–Trinajstić information content (AvgIpc) is 3.12. The Morgan fingerprint density at radius 3 is 2.80 bits per heavy atom. The highest BCUT2D eigenvalue weighted by atomic mass is 16.6. The molecule has 0 saturated carbocycles. The fourth-order valence-electron chi connectivity index (χ4n) is 1.98. The summed E-state index contributed by atoms with van der Waals surface area (Å²) in [5.41, 5.74) is 1.33. The van der Waals surface area contributed by atoms with Crippen molar-refractivity contribution >= 4 is 6.09 Å². The molecule has 1 amide bonds. The number of ether oxygens (including phenoxy) is 1. The van der Waals surface area contributed by atoms with Gasteiger partial charge in [-0.2, -0.15) is 10.2 Å². The molecule has 0 bridgehead atoms. The Balaban J connectivity index is 1.96. The molecule has 0 aliphatic carbocycles. The second-order valence-corrected chi connectivity index (χ2v) is 5.26. The van der Waals surface area contributed by atoms with E-state index in [9.17, 15) is 10.1 Å². The SMILES string of the molecule is CN(C)C(=O)Oc1cc(C#N)cc(-c2nc(-c3ccccn3)no2)c1. The van der Waals surface area contributed by atoms with E-state index in [1.54, 1.807) is 44.6 Å². The molecule has 3 rings (SSSR count). The molecular formula is C17H13N5O3. The first-order valence-electron chi connectivity index (χ1n) is 7.26. The van der Waals surface area contributed by atoms with Gasteiger partial charge in [0, 0.05) is 25.9 Å². The molecule has 2 heterocycles. The third kappa shape index (κ3) is 3.61. The van der Waals surface area contributed by atoms with Gasteiger partial charge in [0.1, 0.15) is 11.4 Å². The first-order valence-corrected chi connectivity index (χ1v) is 7.26. The van der Waals surface area contributed by atoms with E-state index in [2.05, 4.69) is 15.1 Å². The van der Waals surface area contributed by atoms with E-state index in [-0.39, 0.29) is 11.6 Å². The maximum Gasteiger partial charge on any atom is 0.414 e. The van der Waals surface area contributed by atoms with Crippen molar-refractivity contribution in [1.29, 1.82) is 5.26 Å². The Morgan fingerprint density at radius 2 is 2.12 bits per heavy atom. The molecule has 25 heavy (non-hydrogen) atoms. The number of pyridine rings is 1. The first kappa shape index (κ1) is 16.1. The van der Waals surface area contributed by atoms with Gasteiger partial charge in [0.05, 0.1) is 11.6 Å². The van der Waals surface area contributed by atoms with Crippen LogP contribution in [0.1, 0.15) is 5.56 Å². The molecule has 3 aromatic rings. The van der Waals surface area contributed by atoms with Gasteiger partial charge in [0.25, 0.3) is 5.89 Å². The van der Waals surface area contributed by atoms with Crippen LogP contribution in [0.3, 0.4) is 0 Å². The van der Waals surface area contributed by atoms with Crippen LogP contribution in [0.2, 0.25) is 0 Å². The zero-order chi connectivity index (χ0) is 17.8. The fraction of sp³-hybridized carbons (Fsp3) is 0.118. The Hall–Kier alpha value is -3.73. The van der Waals surface area contributed by atoms with Crippen LogP contribution in [0, 0.1) is 11.3 Å². The lowest BCUT2D eigenvalue weighted by Crippen LogP contribution is -2.25. The molecule has 0 fully saturated rings. The van der Waals surface area contributed by atoms with Crippen molar-refractivity contribution in [1.82, 2.24) is 20.0 Å². The Morgan fingerprint density at radius 1 is 1.28 bits per heavy atom. The Labute approximate surface area is 143 Å². The highest BCUT2D eigenvalue weighted by Gasteiger charge is 2.15. The summed E-state index contributed by atoms with van der Waals surface area (Å²) in [6, 6.07) is 11.9. The van der Waals surface area contributed by atoms with Crippen LogP contribution < -0.4 is 4.74 Å². The van der Waals surface area contributed by atoms with Crippen molar-refractivity contribution in [2.24, 2.45) is 0 Å². The summed E-state index contributed by atoms with van der Waals surface area (Å²) >= 11 is 0. The second-order valence-electron chi connectivity index (χ2n) is 5.26. The topological polar surface area (TPSA) is 105 Å². The van der Waals surface area contributed by atoms with Gasteiger partial charge in [-0.3, -0.25) is 4.98 Å². The van der Waals surface area contributed by atoms with Gasteiger partial charge in [-0.05, 0) is 30.3 Å². The average molecular weight is 335 g/mol. The predicted molar refractivity (Wildman–Crippen MR) is 87.4 cm³/mol. The molecule has 0 aliphatic heterocycles. The van der Waals surface area contributed by atoms with Crippen molar-refractivity contribution in [3.63, 3.8) is 0 Å². The number of hydrogen-bond acceptors (Lipinski definition) is 7. The van der Waals surface area contributed by atoms with E-state index < -0.39 is 6.09 Å². The number of rotatable bonds is 3. The molecule has 0 N–H and O–H groups in total. The molecule has 0 unspecified atom stereocenters. The van der Waals surface area contributed by atoms with Gasteiger partial charge < -0.3 is 14.2 Å². The molecule has 1 aromatic carbocycles. The van der Waals surface area contributed by atoms with Gasteiger partial charge in [-0.15, -0.1) is 0 Å². The number of aromatic nitrogens is 3. The molecule has 0 spiro atoms. The highest BCUT2D eigenvalue weighted by molar-refractivity contribution is 5.71. The van der Waals surface area contributed by atoms with E-state index in [1.165, 1.54) is 11.0 Å². The lowest BCUT2D eigenvalue weighted by atomic mass is 10.1. The van der Waals surface area contributed by atoms with Crippen LogP contribution >= 0.6 is 0 Å². The summed E-state index contributed by atoms with van der Waals surface area (Å²) in [4.78, 5) is 21.4. The van der Waals surface area contributed by atoms with Crippen LogP contribution in [0.15, 0.2) is 47.1 Å². The van der Waals surface area contributed by atoms with Crippen LogP contribution in [0.4, 0.5) is 4.79 Å². The summed E-state index contributed by atoms with van der Waals surface area (Å²) in [7, 11) is 3.13. The summed E-state index contributed by atoms with van der Waals surface area (Å²) in [6.07, 6.45) is 1.07. The molecule has 2 aromatic heterocycles. The zero-order valence-electron chi connectivity index (χ0n) is 13.5. The molecule has 8 heteroatoms.